The third-order valence-corrected chi connectivity index (χ3v) is 5.43. The minimum Gasteiger partial charge on any atom is -0.461 e. The first-order chi connectivity index (χ1) is 13.5. The van der Waals surface area contributed by atoms with Crippen LogP contribution in [0.3, 0.4) is 0 Å². The minimum atomic E-state index is -0.675. The number of rotatable bonds is 6. The fourth-order valence-corrected chi connectivity index (χ4v) is 4.04. The molecule has 5 nitrogen and oxygen atoms in total. The van der Waals surface area contributed by atoms with Gasteiger partial charge >= 0.3 is 12.1 Å². The number of carbonyl (C=O) groups is 2. The maximum Gasteiger partial charge on any atom is 0.408 e. The molecule has 4 atom stereocenters. The van der Waals surface area contributed by atoms with E-state index in [2.05, 4.69) is 31.8 Å². The molecule has 1 heterocycles. The molecule has 1 aliphatic heterocycles. The van der Waals surface area contributed by atoms with E-state index in [4.69, 9.17) is 9.47 Å². The monoisotopic (exact) mass is 407 g/mol. The summed E-state index contributed by atoms with van der Waals surface area (Å²) in [5.41, 5.74) is 0.617. The van der Waals surface area contributed by atoms with Crippen molar-refractivity contribution >= 4 is 12.1 Å². The Morgan fingerprint density at radius 3 is 2.52 bits per heavy atom. The maximum absolute atomic E-state index is 12.8. The van der Waals surface area contributed by atoms with Crippen molar-refractivity contribution in [2.75, 3.05) is 0 Å². The summed E-state index contributed by atoms with van der Waals surface area (Å²) in [6.07, 6.45) is 7.54. The van der Waals surface area contributed by atoms with E-state index in [-0.39, 0.29) is 18.0 Å². The Morgan fingerprint density at radius 2 is 2.00 bits per heavy atom. The number of hydrogen-bond acceptors (Lipinski definition) is 4. The fourth-order valence-electron chi connectivity index (χ4n) is 4.04. The Labute approximate surface area is 177 Å². The van der Waals surface area contributed by atoms with Crippen molar-refractivity contribution in [3.8, 4) is 0 Å². The second-order valence-electron chi connectivity index (χ2n) is 9.60. The van der Waals surface area contributed by atoms with Gasteiger partial charge < -0.3 is 14.8 Å². The number of amides is 1. The molecule has 1 aliphatic rings. The first kappa shape index (κ1) is 25.3. The summed E-state index contributed by atoms with van der Waals surface area (Å²) in [6.45, 7) is 17.8. The number of hydrogen-bond donors (Lipinski definition) is 1. The fraction of sp³-hybridized carbons (Fsp3) is 0.750. The van der Waals surface area contributed by atoms with Gasteiger partial charge in [-0.2, -0.15) is 0 Å². The van der Waals surface area contributed by atoms with Crippen LogP contribution in [0.2, 0.25) is 0 Å². The Kier molecular flexibility index (Phi) is 9.94. The highest BCUT2D eigenvalue weighted by atomic mass is 16.6. The van der Waals surface area contributed by atoms with Gasteiger partial charge in [0.2, 0.25) is 0 Å². The van der Waals surface area contributed by atoms with E-state index in [1.54, 1.807) is 20.8 Å². The van der Waals surface area contributed by atoms with Crippen LogP contribution in [0, 0.1) is 17.8 Å². The van der Waals surface area contributed by atoms with Gasteiger partial charge in [-0.3, -0.25) is 0 Å². The first-order valence-corrected chi connectivity index (χ1v) is 10.9. The lowest BCUT2D eigenvalue weighted by Crippen LogP contribution is -2.45. The molecule has 1 N–H and O–H groups in total. The number of alkyl carbamates (subject to hydrolysis) is 1. The third kappa shape index (κ3) is 9.05. The van der Waals surface area contributed by atoms with E-state index in [1.165, 1.54) is 5.57 Å². The van der Waals surface area contributed by atoms with Crippen molar-refractivity contribution in [2.24, 2.45) is 17.8 Å². The predicted octanol–water partition coefficient (Wildman–Crippen LogP) is 5.80. The van der Waals surface area contributed by atoms with Gasteiger partial charge in [0.15, 0.2) is 0 Å². The van der Waals surface area contributed by atoms with E-state index in [0.717, 1.165) is 25.7 Å². The van der Waals surface area contributed by atoms with Crippen molar-refractivity contribution in [1.82, 2.24) is 5.32 Å². The summed E-state index contributed by atoms with van der Waals surface area (Å²) < 4.78 is 11.2. The van der Waals surface area contributed by atoms with Crippen molar-refractivity contribution in [2.45, 2.75) is 98.3 Å². The second-order valence-corrected chi connectivity index (χ2v) is 9.60. The summed E-state index contributed by atoms with van der Waals surface area (Å²) >= 11 is 0. The van der Waals surface area contributed by atoms with Gasteiger partial charge in [-0.15, -0.1) is 0 Å². The van der Waals surface area contributed by atoms with Gasteiger partial charge in [0, 0.05) is 0 Å². The summed E-state index contributed by atoms with van der Waals surface area (Å²) in [6, 6.07) is -0.675. The molecule has 29 heavy (non-hydrogen) atoms. The Hall–Kier alpha value is -1.78. The van der Waals surface area contributed by atoms with Crippen LogP contribution in [0.5, 0.6) is 0 Å². The van der Waals surface area contributed by atoms with E-state index in [9.17, 15) is 9.59 Å². The van der Waals surface area contributed by atoms with Gasteiger partial charge in [0.1, 0.15) is 17.7 Å². The van der Waals surface area contributed by atoms with Crippen LogP contribution in [0.15, 0.2) is 24.3 Å². The first-order valence-electron chi connectivity index (χ1n) is 10.9. The minimum absolute atomic E-state index is 0.209. The number of carbonyl (C=O) groups excluding carboxylic acids is 2. The van der Waals surface area contributed by atoms with Crippen molar-refractivity contribution < 1.29 is 19.1 Å². The second kappa shape index (κ2) is 11.4. The number of nitrogens with one attached hydrogen (secondary N) is 1. The Bertz CT molecular complexity index is 588. The third-order valence-electron chi connectivity index (χ3n) is 5.43. The lowest BCUT2D eigenvalue weighted by atomic mass is 9.76. The predicted molar refractivity (Wildman–Crippen MR) is 118 cm³/mol. The largest absolute Gasteiger partial charge is 0.461 e. The van der Waals surface area contributed by atoms with Crippen LogP contribution in [0.25, 0.3) is 0 Å². The average molecular weight is 408 g/mol. The molecule has 0 radical (unpaired) electrons. The van der Waals surface area contributed by atoms with Crippen LogP contribution in [-0.4, -0.2) is 29.8 Å². The lowest BCUT2D eigenvalue weighted by Gasteiger charge is -2.33. The molecule has 0 spiro atoms. The average Bonchev–Trinajstić information content (AvgIpc) is 2.63. The molecular formula is C24H41NO4. The summed E-state index contributed by atoms with van der Waals surface area (Å²) in [7, 11) is 0. The van der Waals surface area contributed by atoms with Crippen LogP contribution >= 0.6 is 0 Å². The number of esters is 1. The van der Waals surface area contributed by atoms with Crippen molar-refractivity contribution in [1.29, 1.82) is 0 Å². The zero-order chi connectivity index (χ0) is 22.2. The topological polar surface area (TPSA) is 64.6 Å². The van der Waals surface area contributed by atoms with Crippen LogP contribution in [-0.2, 0) is 14.3 Å². The molecule has 1 rings (SSSR count). The van der Waals surface area contributed by atoms with E-state index < -0.39 is 17.7 Å². The maximum atomic E-state index is 12.8. The van der Waals surface area contributed by atoms with Gasteiger partial charge in [-0.05, 0) is 78.1 Å². The number of cyclic esters (lactones) is 1. The molecule has 0 unspecified atom stereocenters. The lowest BCUT2D eigenvalue weighted by molar-refractivity contribution is -0.154. The number of ether oxygens (including phenoxy) is 2. The van der Waals surface area contributed by atoms with Crippen LogP contribution in [0.4, 0.5) is 4.79 Å². The summed E-state index contributed by atoms with van der Waals surface area (Å²) in [4.78, 5) is 25.0. The quantitative estimate of drug-likeness (QED) is 0.447. The zero-order valence-corrected chi connectivity index (χ0v) is 19.4. The molecule has 0 aliphatic carbocycles. The molecule has 0 aromatic carbocycles. The zero-order valence-electron chi connectivity index (χ0n) is 19.4. The summed E-state index contributed by atoms with van der Waals surface area (Å²) in [5.74, 6) is 0.824. The molecule has 0 aromatic rings. The Balaban J connectivity index is 2.99. The smallest absolute Gasteiger partial charge is 0.408 e. The molecule has 0 aromatic heterocycles. The van der Waals surface area contributed by atoms with Gasteiger partial charge in [0.05, 0.1) is 0 Å². The highest BCUT2D eigenvalue weighted by Crippen LogP contribution is 2.35. The molecule has 0 saturated carbocycles. The molecule has 1 fully saturated rings. The molecule has 0 bridgehead atoms. The van der Waals surface area contributed by atoms with Crippen LogP contribution in [0.1, 0.15) is 80.6 Å². The van der Waals surface area contributed by atoms with Gasteiger partial charge in [-0.1, -0.05) is 44.6 Å². The standard InChI is InChI=1S/C24H41NO4/c1-9-18(10-2)15-19-12-11-13-21(25-23(27)29-24(6,7)8)22(26)28-17(5)20(19)14-16(3)4/h9-10,16-17,19-21H,1,11-15H2,2-8H3,(H,25,27)/b18-10+/t17-,19+,20-,21-/m0/s1. The molecular weight excluding hydrogens is 366 g/mol. The molecule has 5 heteroatoms. The van der Waals surface area contributed by atoms with E-state index >= 15 is 0 Å². The SMILES string of the molecule is C=C/C(=C\C)C[C@H]1CCC[C@H](NC(=O)OC(C)(C)C)C(=O)O[C@@H](C)[C@@H]1CC(C)C. The molecule has 1 saturated heterocycles. The molecule has 166 valence electrons. The van der Waals surface area contributed by atoms with E-state index in [0.29, 0.717) is 18.3 Å². The van der Waals surface area contributed by atoms with Crippen LogP contribution < -0.4 is 5.32 Å². The normalized spacial score (nSPS) is 26.8. The van der Waals surface area contributed by atoms with Gasteiger partial charge in [0.25, 0.3) is 0 Å². The Morgan fingerprint density at radius 1 is 1.34 bits per heavy atom. The number of allylic oxidation sites excluding steroid dienone is 3. The highest BCUT2D eigenvalue weighted by Gasteiger charge is 2.35. The molecule has 1 amide bonds. The van der Waals surface area contributed by atoms with Crippen molar-refractivity contribution in [3.05, 3.63) is 24.3 Å². The van der Waals surface area contributed by atoms with Gasteiger partial charge in [-0.25, -0.2) is 9.59 Å². The highest BCUT2D eigenvalue weighted by molar-refractivity contribution is 5.81. The summed E-state index contributed by atoms with van der Waals surface area (Å²) in [5, 5.41) is 2.71. The van der Waals surface area contributed by atoms with Crippen molar-refractivity contribution in [3.63, 3.8) is 0 Å². The van der Waals surface area contributed by atoms with E-state index in [1.807, 2.05) is 19.9 Å².